The summed E-state index contributed by atoms with van der Waals surface area (Å²) in [7, 11) is 0. The van der Waals surface area contributed by atoms with Gasteiger partial charge in [-0.15, -0.1) is 11.8 Å². The Morgan fingerprint density at radius 1 is 1.21 bits per heavy atom. The summed E-state index contributed by atoms with van der Waals surface area (Å²) in [5.74, 6) is 1.45. The van der Waals surface area contributed by atoms with Gasteiger partial charge in [-0.2, -0.15) is 0 Å². The molecule has 0 aliphatic heterocycles. The van der Waals surface area contributed by atoms with Gasteiger partial charge in [-0.05, 0) is 37.1 Å². The molecule has 2 aromatic rings. The molecular weight excluding hydrogens is 254 g/mol. The van der Waals surface area contributed by atoms with Crippen molar-refractivity contribution in [2.75, 3.05) is 11.5 Å². The van der Waals surface area contributed by atoms with Crippen LogP contribution in [0.25, 0.3) is 0 Å². The number of nitrogens with two attached hydrogens (primary N) is 2. The van der Waals surface area contributed by atoms with Gasteiger partial charge in [0.05, 0.1) is 0 Å². The van der Waals surface area contributed by atoms with Gasteiger partial charge in [-0.25, -0.2) is 4.98 Å². The molecule has 3 nitrogen and oxygen atoms in total. The van der Waals surface area contributed by atoms with E-state index in [1.54, 1.807) is 18.0 Å². The molecule has 0 amide bonds. The van der Waals surface area contributed by atoms with Crippen LogP contribution in [0.15, 0.2) is 47.5 Å². The molecule has 1 aromatic heterocycles. The van der Waals surface area contributed by atoms with Crippen LogP contribution in [0.3, 0.4) is 0 Å². The zero-order valence-corrected chi connectivity index (χ0v) is 11.9. The lowest BCUT2D eigenvalue weighted by Gasteiger charge is -2.12. The van der Waals surface area contributed by atoms with Crippen molar-refractivity contribution in [2.45, 2.75) is 24.3 Å². The first-order valence-electron chi connectivity index (χ1n) is 6.29. The molecule has 1 unspecified atom stereocenters. The van der Waals surface area contributed by atoms with Gasteiger partial charge in [0.2, 0.25) is 0 Å². The Kier molecular flexibility index (Phi) is 4.82. The number of aryl methyl sites for hydroxylation is 1. The molecule has 100 valence electrons. The Morgan fingerprint density at radius 3 is 2.63 bits per heavy atom. The van der Waals surface area contributed by atoms with E-state index in [9.17, 15) is 0 Å². The molecule has 0 bridgehead atoms. The van der Waals surface area contributed by atoms with Crippen LogP contribution in [0.1, 0.15) is 11.1 Å². The second-order valence-electron chi connectivity index (χ2n) is 4.64. The highest BCUT2D eigenvalue weighted by molar-refractivity contribution is 7.99. The van der Waals surface area contributed by atoms with E-state index in [0.29, 0.717) is 5.82 Å². The van der Waals surface area contributed by atoms with Gasteiger partial charge in [0.15, 0.2) is 0 Å². The maximum atomic E-state index is 6.15. The van der Waals surface area contributed by atoms with Crippen LogP contribution in [0.5, 0.6) is 0 Å². The molecule has 1 atom stereocenters. The number of rotatable bonds is 5. The van der Waals surface area contributed by atoms with Gasteiger partial charge in [0.1, 0.15) is 5.82 Å². The molecule has 0 saturated heterocycles. The molecule has 0 aliphatic rings. The zero-order valence-electron chi connectivity index (χ0n) is 11.0. The summed E-state index contributed by atoms with van der Waals surface area (Å²) < 4.78 is 0. The fraction of sp³-hybridized carbons (Fsp3) is 0.267. The van der Waals surface area contributed by atoms with Crippen molar-refractivity contribution in [1.29, 1.82) is 0 Å². The average molecular weight is 273 g/mol. The third-order valence-electron chi connectivity index (χ3n) is 2.89. The van der Waals surface area contributed by atoms with Crippen LogP contribution in [0.4, 0.5) is 5.82 Å². The van der Waals surface area contributed by atoms with Gasteiger partial charge in [0.25, 0.3) is 0 Å². The highest BCUT2D eigenvalue weighted by Crippen LogP contribution is 2.20. The quantitative estimate of drug-likeness (QED) is 0.822. The summed E-state index contributed by atoms with van der Waals surface area (Å²) in [6.45, 7) is 2.09. The molecule has 4 N–H and O–H groups in total. The smallest absolute Gasteiger partial charge is 0.126 e. The number of nitrogens with zero attached hydrogens (tertiary/aromatic N) is 1. The normalized spacial score (nSPS) is 12.3. The summed E-state index contributed by atoms with van der Waals surface area (Å²) in [4.78, 5) is 5.33. The van der Waals surface area contributed by atoms with Gasteiger partial charge in [-0.1, -0.05) is 23.8 Å². The lowest BCUT2D eigenvalue weighted by molar-refractivity contribution is 0.748. The number of pyridine rings is 1. The molecule has 1 heterocycles. The van der Waals surface area contributed by atoms with Crippen LogP contribution in [-0.4, -0.2) is 16.8 Å². The maximum absolute atomic E-state index is 6.15. The summed E-state index contributed by atoms with van der Waals surface area (Å²) in [5, 5.41) is 0. The Morgan fingerprint density at radius 2 is 1.95 bits per heavy atom. The molecule has 4 heteroatoms. The van der Waals surface area contributed by atoms with E-state index in [2.05, 4.69) is 36.2 Å². The highest BCUT2D eigenvalue weighted by Gasteiger charge is 2.08. The van der Waals surface area contributed by atoms with E-state index in [-0.39, 0.29) is 6.04 Å². The van der Waals surface area contributed by atoms with E-state index in [0.717, 1.165) is 17.7 Å². The van der Waals surface area contributed by atoms with Crippen molar-refractivity contribution in [3.8, 4) is 0 Å². The minimum absolute atomic E-state index is 0.0813. The summed E-state index contributed by atoms with van der Waals surface area (Å²) >= 11 is 1.78. The Hall–Kier alpha value is -1.52. The fourth-order valence-electron chi connectivity index (χ4n) is 1.80. The second kappa shape index (κ2) is 6.59. The van der Waals surface area contributed by atoms with E-state index in [4.69, 9.17) is 11.5 Å². The first kappa shape index (κ1) is 13.9. The first-order valence-corrected chi connectivity index (χ1v) is 7.28. The number of hydrogen-bond donors (Lipinski definition) is 2. The minimum atomic E-state index is 0.0813. The van der Waals surface area contributed by atoms with Crippen LogP contribution < -0.4 is 11.5 Å². The summed E-state index contributed by atoms with van der Waals surface area (Å²) in [5.41, 5.74) is 14.3. The lowest BCUT2D eigenvalue weighted by atomic mass is 10.1. The SMILES string of the molecule is Cc1ccc(SCC(N)Cc2cccnc2N)cc1. The number of hydrogen-bond acceptors (Lipinski definition) is 4. The standard InChI is InChI=1S/C15H19N3S/c1-11-4-6-14(7-5-11)19-10-13(16)9-12-3-2-8-18-15(12)17/h2-8,13H,9-10,16H2,1H3,(H2,17,18). The molecule has 0 saturated carbocycles. The largest absolute Gasteiger partial charge is 0.383 e. The average Bonchev–Trinajstić information content (AvgIpc) is 2.41. The first-order chi connectivity index (χ1) is 9.15. The van der Waals surface area contributed by atoms with Crippen LogP contribution in [0, 0.1) is 6.92 Å². The number of thioether (sulfide) groups is 1. The van der Waals surface area contributed by atoms with E-state index >= 15 is 0 Å². The van der Waals surface area contributed by atoms with Crippen LogP contribution in [-0.2, 0) is 6.42 Å². The molecule has 2 rings (SSSR count). The monoisotopic (exact) mass is 273 g/mol. The van der Waals surface area contributed by atoms with Gasteiger partial charge >= 0.3 is 0 Å². The second-order valence-corrected chi connectivity index (χ2v) is 5.73. The molecule has 1 aromatic carbocycles. The maximum Gasteiger partial charge on any atom is 0.126 e. The molecule has 0 aliphatic carbocycles. The van der Waals surface area contributed by atoms with Crippen molar-refractivity contribution in [3.05, 3.63) is 53.7 Å². The predicted molar refractivity (Wildman–Crippen MR) is 82.2 cm³/mol. The van der Waals surface area contributed by atoms with Gasteiger partial charge < -0.3 is 11.5 Å². The van der Waals surface area contributed by atoms with E-state index < -0.39 is 0 Å². The minimum Gasteiger partial charge on any atom is -0.383 e. The molecule has 0 spiro atoms. The van der Waals surface area contributed by atoms with E-state index in [1.807, 2.05) is 12.1 Å². The topological polar surface area (TPSA) is 64.9 Å². The zero-order chi connectivity index (χ0) is 13.7. The Balaban J connectivity index is 1.86. The van der Waals surface area contributed by atoms with Crippen molar-refractivity contribution >= 4 is 17.6 Å². The molecular formula is C15H19N3S. The number of nitrogen functional groups attached to an aromatic ring is 1. The summed E-state index contributed by atoms with van der Waals surface area (Å²) in [6.07, 6.45) is 2.46. The lowest BCUT2D eigenvalue weighted by Crippen LogP contribution is -2.26. The van der Waals surface area contributed by atoms with Gasteiger partial charge in [-0.3, -0.25) is 0 Å². The molecule has 0 fully saturated rings. The number of anilines is 1. The van der Waals surface area contributed by atoms with Crippen molar-refractivity contribution in [3.63, 3.8) is 0 Å². The predicted octanol–water partition coefficient (Wildman–Crippen LogP) is 2.63. The number of aromatic nitrogens is 1. The fourth-order valence-corrected chi connectivity index (χ4v) is 2.66. The van der Waals surface area contributed by atoms with Crippen molar-refractivity contribution in [1.82, 2.24) is 4.98 Å². The van der Waals surface area contributed by atoms with Crippen molar-refractivity contribution in [2.24, 2.45) is 5.73 Å². The van der Waals surface area contributed by atoms with Gasteiger partial charge in [0, 0.05) is 22.9 Å². The third kappa shape index (κ3) is 4.26. The highest BCUT2D eigenvalue weighted by atomic mass is 32.2. The van der Waals surface area contributed by atoms with Crippen LogP contribution >= 0.6 is 11.8 Å². The Labute approximate surface area is 118 Å². The van der Waals surface area contributed by atoms with Crippen LogP contribution in [0.2, 0.25) is 0 Å². The molecule has 0 radical (unpaired) electrons. The summed E-state index contributed by atoms with van der Waals surface area (Å²) in [6, 6.07) is 12.5. The Bertz CT molecular complexity index is 525. The molecule has 19 heavy (non-hydrogen) atoms. The third-order valence-corrected chi connectivity index (χ3v) is 4.09. The number of benzene rings is 1. The van der Waals surface area contributed by atoms with Crippen molar-refractivity contribution < 1.29 is 0 Å². The van der Waals surface area contributed by atoms with E-state index in [1.165, 1.54) is 10.5 Å².